The third-order valence-electron chi connectivity index (χ3n) is 4.29. The van der Waals surface area contributed by atoms with E-state index in [2.05, 4.69) is 0 Å². The minimum atomic E-state index is -0.230. The van der Waals surface area contributed by atoms with Gasteiger partial charge in [-0.1, -0.05) is 0 Å². The van der Waals surface area contributed by atoms with E-state index in [1.165, 1.54) is 20.3 Å². The lowest BCUT2D eigenvalue weighted by atomic mass is 10.1. The van der Waals surface area contributed by atoms with Gasteiger partial charge in [-0.05, 0) is 12.1 Å². The number of nitrogens with zero attached hydrogens (tertiary/aromatic N) is 1. The summed E-state index contributed by atoms with van der Waals surface area (Å²) in [5, 5.41) is 10.8. The van der Waals surface area contributed by atoms with E-state index in [-0.39, 0.29) is 23.7 Å². The lowest BCUT2D eigenvalue weighted by molar-refractivity contribution is 0.171. The van der Waals surface area contributed by atoms with Gasteiger partial charge in [-0.25, -0.2) is 0 Å². The second-order valence-corrected chi connectivity index (χ2v) is 5.44. The Hall–Kier alpha value is -3.09. The number of aromatic hydroxyl groups is 1. The van der Waals surface area contributed by atoms with Crippen molar-refractivity contribution in [3.8, 4) is 28.7 Å². The van der Waals surface area contributed by atoms with Crippen LogP contribution in [0.2, 0.25) is 0 Å². The van der Waals surface area contributed by atoms with E-state index < -0.39 is 0 Å². The number of methoxy groups -OCH3 is 2. The first kappa shape index (κ1) is 14.5. The Balaban J connectivity index is 2.30. The molecule has 0 radical (unpaired) electrons. The molecule has 7 nitrogen and oxygen atoms in total. The number of fused-ring (bicyclic) bond motifs is 3. The van der Waals surface area contributed by atoms with Crippen molar-refractivity contribution in [2.45, 2.75) is 0 Å². The number of aromatic nitrogens is 1. The molecule has 2 heterocycles. The summed E-state index contributed by atoms with van der Waals surface area (Å²) in [5.41, 5.74) is 0.861. The maximum absolute atomic E-state index is 13.1. The van der Waals surface area contributed by atoms with Gasteiger partial charge in [0.15, 0.2) is 23.0 Å². The predicted octanol–water partition coefficient (Wildman–Crippen LogP) is 2.14. The van der Waals surface area contributed by atoms with Crippen LogP contribution in [0.25, 0.3) is 21.8 Å². The van der Waals surface area contributed by atoms with Gasteiger partial charge in [0, 0.05) is 13.1 Å². The molecule has 3 aromatic rings. The number of rotatable bonds is 2. The fourth-order valence-electron chi connectivity index (χ4n) is 3.21. The van der Waals surface area contributed by atoms with Crippen LogP contribution in [0.15, 0.2) is 23.0 Å². The third kappa shape index (κ3) is 1.69. The highest BCUT2D eigenvalue weighted by molar-refractivity contribution is 6.01. The number of hydrogen-bond acceptors (Lipinski definition) is 6. The van der Waals surface area contributed by atoms with E-state index in [0.717, 1.165) is 0 Å². The molecule has 1 aromatic heterocycles. The third-order valence-corrected chi connectivity index (χ3v) is 4.29. The molecule has 0 aliphatic carbocycles. The van der Waals surface area contributed by atoms with Crippen LogP contribution in [0.1, 0.15) is 0 Å². The Morgan fingerprint density at radius 2 is 1.92 bits per heavy atom. The number of ether oxygens (including phenoxy) is 4. The standard InChI is InChI=1S/C17H15NO6/c1-18-9-6-11-16(24-7-23-11)17(22-3)12(9)14(20)8-4-5-10(19)15(21-2)13(8)18/h4-6,19H,7H2,1-3H3. The van der Waals surface area contributed by atoms with Gasteiger partial charge in [0.2, 0.25) is 18.0 Å². The van der Waals surface area contributed by atoms with Crippen molar-refractivity contribution in [3.63, 3.8) is 0 Å². The normalized spacial score (nSPS) is 12.8. The zero-order chi connectivity index (χ0) is 17.0. The Morgan fingerprint density at radius 1 is 1.17 bits per heavy atom. The topological polar surface area (TPSA) is 79.2 Å². The van der Waals surface area contributed by atoms with Crippen LogP contribution in [0.5, 0.6) is 28.7 Å². The molecule has 0 fully saturated rings. The molecule has 7 heteroatoms. The highest BCUT2D eigenvalue weighted by atomic mass is 16.7. The summed E-state index contributed by atoms with van der Waals surface area (Å²) in [6.45, 7) is 0.0730. The van der Waals surface area contributed by atoms with Gasteiger partial charge in [-0.15, -0.1) is 0 Å². The summed E-state index contributed by atoms with van der Waals surface area (Å²) >= 11 is 0. The molecule has 0 amide bonds. The maximum Gasteiger partial charge on any atom is 0.231 e. The molecule has 0 saturated carbocycles. The second kappa shape index (κ2) is 4.95. The van der Waals surface area contributed by atoms with Crippen molar-refractivity contribution in [3.05, 3.63) is 28.4 Å². The van der Waals surface area contributed by atoms with E-state index in [0.29, 0.717) is 39.1 Å². The molecule has 4 rings (SSSR count). The zero-order valence-electron chi connectivity index (χ0n) is 13.4. The molecule has 0 unspecified atom stereocenters. The Labute approximate surface area is 136 Å². The highest BCUT2D eigenvalue weighted by Gasteiger charge is 2.26. The molecule has 0 saturated heterocycles. The average Bonchev–Trinajstić information content (AvgIpc) is 3.05. The second-order valence-electron chi connectivity index (χ2n) is 5.44. The quantitative estimate of drug-likeness (QED) is 0.726. The van der Waals surface area contributed by atoms with Crippen LogP contribution in [0.3, 0.4) is 0 Å². The molecular formula is C17H15NO6. The van der Waals surface area contributed by atoms with Gasteiger partial charge < -0.3 is 28.6 Å². The molecular weight excluding hydrogens is 314 g/mol. The Bertz CT molecular complexity index is 1050. The lowest BCUT2D eigenvalue weighted by Crippen LogP contribution is -2.11. The van der Waals surface area contributed by atoms with Gasteiger partial charge in [-0.2, -0.15) is 0 Å². The van der Waals surface area contributed by atoms with Crippen molar-refractivity contribution in [1.82, 2.24) is 4.57 Å². The van der Waals surface area contributed by atoms with Gasteiger partial charge >= 0.3 is 0 Å². The molecule has 124 valence electrons. The summed E-state index contributed by atoms with van der Waals surface area (Å²) in [6.07, 6.45) is 0. The molecule has 0 bridgehead atoms. The fraction of sp³-hybridized carbons (Fsp3) is 0.235. The van der Waals surface area contributed by atoms with Gasteiger partial charge in [0.05, 0.1) is 36.0 Å². The molecule has 24 heavy (non-hydrogen) atoms. The lowest BCUT2D eigenvalue weighted by Gasteiger charge is -2.16. The SMILES string of the molecule is COc1c2c(cc3c1c(=O)c1ccc(O)c(OC)c1n3C)OCO2. The fourth-order valence-corrected chi connectivity index (χ4v) is 3.21. The number of phenols is 1. The Kier molecular flexibility index (Phi) is 2.99. The molecule has 1 aliphatic heterocycles. The predicted molar refractivity (Wildman–Crippen MR) is 87.6 cm³/mol. The summed E-state index contributed by atoms with van der Waals surface area (Å²) in [6, 6.07) is 4.73. The minimum absolute atomic E-state index is 0.0351. The molecule has 2 aromatic carbocycles. The van der Waals surface area contributed by atoms with Gasteiger partial charge in [-0.3, -0.25) is 4.79 Å². The number of phenolic OH excluding ortho intramolecular Hbond substituents is 1. The first-order valence-electron chi connectivity index (χ1n) is 7.27. The first-order chi connectivity index (χ1) is 11.6. The van der Waals surface area contributed by atoms with Crippen LogP contribution in [0.4, 0.5) is 0 Å². The maximum atomic E-state index is 13.1. The van der Waals surface area contributed by atoms with E-state index >= 15 is 0 Å². The van der Waals surface area contributed by atoms with Crippen molar-refractivity contribution in [2.24, 2.45) is 7.05 Å². The first-order valence-corrected chi connectivity index (χ1v) is 7.27. The summed E-state index contributed by atoms with van der Waals surface area (Å²) < 4.78 is 23.4. The molecule has 1 N–H and O–H groups in total. The number of benzene rings is 2. The van der Waals surface area contributed by atoms with E-state index in [9.17, 15) is 9.90 Å². The van der Waals surface area contributed by atoms with Crippen molar-refractivity contribution in [2.75, 3.05) is 21.0 Å². The number of pyridine rings is 1. The summed E-state index contributed by atoms with van der Waals surface area (Å²) in [5.74, 6) is 1.48. The van der Waals surface area contributed by atoms with Crippen LogP contribution >= 0.6 is 0 Å². The molecule has 0 atom stereocenters. The summed E-state index contributed by atoms with van der Waals surface area (Å²) in [7, 11) is 4.72. The van der Waals surface area contributed by atoms with Crippen LogP contribution < -0.4 is 24.4 Å². The number of hydrogen-bond donors (Lipinski definition) is 1. The van der Waals surface area contributed by atoms with Crippen molar-refractivity contribution < 1.29 is 24.1 Å². The highest BCUT2D eigenvalue weighted by Crippen LogP contribution is 2.46. The largest absolute Gasteiger partial charge is 0.504 e. The van der Waals surface area contributed by atoms with Crippen LogP contribution in [0, 0.1) is 0 Å². The van der Waals surface area contributed by atoms with Crippen LogP contribution in [-0.4, -0.2) is 30.7 Å². The molecule has 0 spiro atoms. The average molecular weight is 329 g/mol. The summed E-state index contributed by atoms with van der Waals surface area (Å²) in [4.78, 5) is 13.1. The van der Waals surface area contributed by atoms with Crippen LogP contribution in [-0.2, 0) is 7.05 Å². The smallest absolute Gasteiger partial charge is 0.231 e. The Morgan fingerprint density at radius 3 is 2.62 bits per heavy atom. The number of aryl methyl sites for hydroxylation is 1. The monoisotopic (exact) mass is 329 g/mol. The van der Waals surface area contributed by atoms with Crippen molar-refractivity contribution >= 4 is 21.8 Å². The minimum Gasteiger partial charge on any atom is -0.504 e. The van der Waals surface area contributed by atoms with E-state index in [1.54, 1.807) is 23.7 Å². The van der Waals surface area contributed by atoms with Gasteiger partial charge in [0.25, 0.3) is 0 Å². The van der Waals surface area contributed by atoms with Crippen molar-refractivity contribution in [1.29, 1.82) is 0 Å². The van der Waals surface area contributed by atoms with E-state index in [4.69, 9.17) is 18.9 Å². The van der Waals surface area contributed by atoms with Gasteiger partial charge in [0.1, 0.15) is 0 Å². The molecule has 1 aliphatic rings. The van der Waals surface area contributed by atoms with E-state index in [1.807, 2.05) is 0 Å². The zero-order valence-corrected chi connectivity index (χ0v) is 13.4.